The van der Waals surface area contributed by atoms with Gasteiger partial charge in [-0.05, 0) is 88.5 Å². The lowest BCUT2D eigenvalue weighted by Gasteiger charge is -2.22. The van der Waals surface area contributed by atoms with E-state index in [4.69, 9.17) is 14.8 Å². The highest BCUT2D eigenvalue weighted by molar-refractivity contribution is 7.26. The van der Waals surface area contributed by atoms with Crippen LogP contribution in [0.5, 0.6) is 11.5 Å². The predicted molar refractivity (Wildman–Crippen MR) is 223 cm³/mol. The van der Waals surface area contributed by atoms with Gasteiger partial charge in [0.15, 0.2) is 0 Å². The second-order valence-corrected chi connectivity index (χ2v) is 16.0. The Hall–Kier alpha value is -5.72. The minimum Gasteiger partial charge on any atom is -0.457 e. The van der Waals surface area contributed by atoms with Gasteiger partial charge in [-0.1, -0.05) is 90.1 Å². The van der Waals surface area contributed by atoms with E-state index in [1.807, 2.05) is 52.7 Å². The molecular formula is C47H42N4OS. The van der Waals surface area contributed by atoms with Crippen molar-refractivity contribution in [1.82, 2.24) is 19.3 Å². The predicted octanol–water partition coefficient (Wildman–Crippen LogP) is 13.6. The van der Waals surface area contributed by atoms with Crippen LogP contribution in [0.2, 0.25) is 0 Å². The Morgan fingerprint density at radius 1 is 0.642 bits per heavy atom. The first-order valence-corrected chi connectivity index (χ1v) is 19.4. The molecule has 0 bridgehead atoms. The number of aromatic nitrogens is 4. The quantitative estimate of drug-likeness (QED) is 0.158. The molecule has 5 aromatic carbocycles. The summed E-state index contributed by atoms with van der Waals surface area (Å²) in [5.74, 6) is 3.65. The zero-order chi connectivity index (χ0) is 36.4. The molecule has 0 saturated heterocycles. The van der Waals surface area contributed by atoms with Gasteiger partial charge in [0.05, 0.1) is 22.9 Å². The molecule has 6 heteroatoms. The molecule has 0 fully saturated rings. The number of nitrogens with zero attached hydrogens (tertiary/aromatic N) is 4. The maximum Gasteiger partial charge on any atom is 0.137 e. The van der Waals surface area contributed by atoms with Gasteiger partial charge in [-0.3, -0.25) is 4.57 Å². The lowest BCUT2D eigenvalue weighted by atomic mass is 9.82. The molecule has 5 nitrogen and oxygen atoms in total. The van der Waals surface area contributed by atoms with Crippen LogP contribution in [-0.4, -0.2) is 19.3 Å². The van der Waals surface area contributed by atoms with Gasteiger partial charge >= 0.3 is 0 Å². The maximum absolute atomic E-state index is 6.63. The minimum absolute atomic E-state index is 0.394. The topological polar surface area (TPSA) is 44.9 Å². The number of thiophene rings is 1. The summed E-state index contributed by atoms with van der Waals surface area (Å²) in [7, 11) is 0. The Morgan fingerprint density at radius 3 is 2.15 bits per heavy atom. The lowest BCUT2D eigenvalue weighted by molar-refractivity contribution is 0.483. The number of rotatable bonds is 8. The molecule has 9 aromatic rings. The molecule has 0 radical (unpaired) electrons. The molecule has 0 saturated carbocycles. The van der Waals surface area contributed by atoms with Crippen LogP contribution in [-0.2, 0) is 0 Å². The van der Waals surface area contributed by atoms with Crippen LogP contribution in [0.1, 0.15) is 76.0 Å². The SMILES string of the molecule is CC(C)c1cc(C(C)C)c(-c2cnn(-c3cccc(Oc4ccc5c6ccc7sc8ccccc8c7c6n(-c6ccccn6)c5c4)c3)c2)c(C(C)C)c1. The van der Waals surface area contributed by atoms with Crippen LogP contribution < -0.4 is 4.74 Å². The van der Waals surface area contributed by atoms with Crippen molar-refractivity contribution in [1.29, 1.82) is 0 Å². The van der Waals surface area contributed by atoms with Crippen LogP contribution >= 0.6 is 11.3 Å². The highest BCUT2D eigenvalue weighted by atomic mass is 32.1. The Balaban J connectivity index is 1.12. The van der Waals surface area contributed by atoms with Crippen molar-refractivity contribution in [2.75, 3.05) is 0 Å². The number of pyridine rings is 1. The van der Waals surface area contributed by atoms with Gasteiger partial charge in [0, 0.05) is 61.0 Å². The smallest absolute Gasteiger partial charge is 0.137 e. The largest absolute Gasteiger partial charge is 0.457 e. The van der Waals surface area contributed by atoms with Crippen LogP contribution in [0.3, 0.4) is 0 Å². The molecule has 0 aliphatic rings. The first-order valence-electron chi connectivity index (χ1n) is 18.6. The van der Waals surface area contributed by atoms with Crippen molar-refractivity contribution >= 4 is 53.3 Å². The van der Waals surface area contributed by atoms with E-state index < -0.39 is 0 Å². The van der Waals surface area contributed by atoms with Crippen LogP contribution in [0, 0.1) is 0 Å². The van der Waals surface area contributed by atoms with Crippen molar-refractivity contribution in [3.63, 3.8) is 0 Å². The van der Waals surface area contributed by atoms with E-state index in [2.05, 4.69) is 137 Å². The van der Waals surface area contributed by atoms with E-state index in [1.165, 1.54) is 53.3 Å². The molecule has 0 unspecified atom stereocenters. The average molecular weight is 711 g/mol. The van der Waals surface area contributed by atoms with Crippen molar-refractivity contribution in [2.24, 2.45) is 0 Å². The summed E-state index contributed by atoms with van der Waals surface area (Å²) in [6.07, 6.45) is 6.03. The van der Waals surface area contributed by atoms with Crippen molar-refractivity contribution in [2.45, 2.75) is 59.3 Å². The standard InChI is InChI=1S/C47H42N4OS/c1-28(2)31-22-39(29(3)4)45(40(23-31)30(5)6)32-26-49-50(27-32)33-12-11-13-34(24-33)52-35-17-18-36-37-19-20-43-46(38-14-7-8-15-42(38)53-43)47(37)51(41(36)25-35)44-16-9-10-21-48-44/h7-30H,1-6H3. The monoisotopic (exact) mass is 710 g/mol. The van der Waals surface area contributed by atoms with Gasteiger partial charge < -0.3 is 4.74 Å². The van der Waals surface area contributed by atoms with Crippen LogP contribution in [0.25, 0.3) is 64.6 Å². The number of ether oxygens (including phenoxy) is 1. The molecule has 262 valence electrons. The highest BCUT2D eigenvalue weighted by Crippen LogP contribution is 2.44. The van der Waals surface area contributed by atoms with Crippen LogP contribution in [0.4, 0.5) is 0 Å². The average Bonchev–Trinajstić information content (AvgIpc) is 3.89. The Kier molecular flexibility index (Phi) is 8.16. The summed E-state index contributed by atoms with van der Waals surface area (Å²) in [6, 6.07) is 38.7. The molecular weight excluding hydrogens is 669 g/mol. The van der Waals surface area contributed by atoms with E-state index in [-0.39, 0.29) is 0 Å². The fourth-order valence-corrected chi connectivity index (χ4v) is 8.90. The fraction of sp³-hybridized carbons (Fsp3) is 0.191. The second kappa shape index (κ2) is 13.0. The summed E-state index contributed by atoms with van der Waals surface area (Å²) in [5, 5.41) is 9.76. The lowest BCUT2D eigenvalue weighted by Crippen LogP contribution is -2.03. The molecule has 0 amide bonds. The van der Waals surface area contributed by atoms with Gasteiger partial charge in [-0.2, -0.15) is 5.10 Å². The van der Waals surface area contributed by atoms with Crippen molar-refractivity contribution < 1.29 is 4.74 Å². The summed E-state index contributed by atoms with van der Waals surface area (Å²) in [5.41, 5.74) is 9.76. The second-order valence-electron chi connectivity index (χ2n) is 14.9. The molecule has 0 atom stereocenters. The first kappa shape index (κ1) is 33.1. The van der Waals surface area contributed by atoms with Gasteiger partial charge in [0.25, 0.3) is 0 Å². The molecule has 4 heterocycles. The first-order chi connectivity index (χ1) is 25.7. The molecule has 9 rings (SSSR count). The Morgan fingerprint density at radius 2 is 1.40 bits per heavy atom. The number of benzene rings is 5. The third kappa shape index (κ3) is 5.69. The van der Waals surface area contributed by atoms with Gasteiger partial charge in [0.2, 0.25) is 0 Å². The highest BCUT2D eigenvalue weighted by Gasteiger charge is 2.21. The minimum atomic E-state index is 0.394. The molecule has 0 spiro atoms. The van der Waals surface area contributed by atoms with E-state index in [0.29, 0.717) is 17.8 Å². The van der Waals surface area contributed by atoms with Crippen molar-refractivity contribution in [3.8, 4) is 34.1 Å². The normalized spacial score (nSPS) is 12.1. The number of fused-ring (bicyclic) bond motifs is 7. The summed E-state index contributed by atoms with van der Waals surface area (Å²) >= 11 is 1.83. The summed E-state index contributed by atoms with van der Waals surface area (Å²) < 4.78 is 13.4. The summed E-state index contributed by atoms with van der Waals surface area (Å²) in [6.45, 7) is 13.7. The van der Waals surface area contributed by atoms with Gasteiger partial charge in [-0.15, -0.1) is 11.3 Å². The zero-order valence-electron chi connectivity index (χ0n) is 31.0. The molecule has 0 aliphatic carbocycles. The molecule has 4 aromatic heterocycles. The van der Waals surface area contributed by atoms with Gasteiger partial charge in [-0.25, -0.2) is 9.67 Å². The fourth-order valence-electron chi connectivity index (χ4n) is 7.79. The van der Waals surface area contributed by atoms with E-state index >= 15 is 0 Å². The zero-order valence-corrected chi connectivity index (χ0v) is 31.8. The third-order valence-electron chi connectivity index (χ3n) is 10.4. The molecule has 0 N–H and O–H groups in total. The van der Waals surface area contributed by atoms with Crippen LogP contribution in [0.15, 0.2) is 128 Å². The number of hydrogen-bond donors (Lipinski definition) is 0. The van der Waals surface area contributed by atoms with E-state index in [9.17, 15) is 0 Å². The Labute approximate surface area is 314 Å². The number of hydrogen-bond acceptors (Lipinski definition) is 4. The van der Waals surface area contributed by atoms with Gasteiger partial charge in [0.1, 0.15) is 17.3 Å². The van der Waals surface area contributed by atoms with E-state index in [0.717, 1.165) is 39.5 Å². The maximum atomic E-state index is 6.63. The van der Waals surface area contributed by atoms with E-state index in [1.54, 1.807) is 0 Å². The Bertz CT molecular complexity index is 2770. The third-order valence-corrected chi connectivity index (χ3v) is 11.6. The van der Waals surface area contributed by atoms with Crippen molar-refractivity contribution in [3.05, 3.63) is 144 Å². The molecule has 0 aliphatic heterocycles. The summed E-state index contributed by atoms with van der Waals surface area (Å²) in [4.78, 5) is 4.83. The molecule has 53 heavy (non-hydrogen) atoms.